The number of hydrogen-bond acceptors (Lipinski definition) is 0. The van der Waals surface area contributed by atoms with Crippen LogP contribution in [-0.4, -0.2) is 0 Å². The average Bonchev–Trinajstić information content (AvgIpc) is 2.41. The van der Waals surface area contributed by atoms with E-state index in [0.717, 1.165) is 24.8 Å². The highest BCUT2D eigenvalue weighted by molar-refractivity contribution is 5.32. The van der Waals surface area contributed by atoms with Crippen molar-refractivity contribution in [3.8, 4) is 0 Å². The zero-order valence-electron chi connectivity index (χ0n) is 12.0. The lowest BCUT2D eigenvalue weighted by molar-refractivity contribution is 0.616. The fourth-order valence-corrected chi connectivity index (χ4v) is 2.34. The third kappa shape index (κ3) is 3.44. The van der Waals surface area contributed by atoms with E-state index >= 15 is 0 Å². The molecule has 2 aromatic rings. The van der Waals surface area contributed by atoms with Gasteiger partial charge in [-0.3, -0.25) is 0 Å². The summed E-state index contributed by atoms with van der Waals surface area (Å²) in [5.41, 5.74) is 5.89. The second kappa shape index (κ2) is 6.01. The highest BCUT2D eigenvalue weighted by Gasteiger charge is 2.02. The number of rotatable bonds is 4. The highest BCUT2D eigenvalue weighted by atomic mass is 19.1. The van der Waals surface area contributed by atoms with Crippen LogP contribution >= 0.6 is 0 Å². The molecular weight excluding hydrogens is 235 g/mol. The van der Waals surface area contributed by atoms with Gasteiger partial charge in [0.15, 0.2) is 0 Å². The van der Waals surface area contributed by atoms with Crippen LogP contribution in [0.2, 0.25) is 0 Å². The third-order valence-corrected chi connectivity index (χ3v) is 3.73. The molecule has 0 unspecified atom stereocenters. The molecule has 0 aliphatic heterocycles. The Morgan fingerprint density at radius 1 is 0.842 bits per heavy atom. The van der Waals surface area contributed by atoms with Gasteiger partial charge >= 0.3 is 0 Å². The SMILES string of the molecule is CCc1cc(CCc2ccc(C)c(F)c2)ccc1C. The summed E-state index contributed by atoms with van der Waals surface area (Å²) >= 11 is 0. The van der Waals surface area contributed by atoms with E-state index in [2.05, 4.69) is 32.0 Å². The molecule has 0 spiro atoms. The summed E-state index contributed by atoms with van der Waals surface area (Å²) in [5, 5.41) is 0. The van der Waals surface area contributed by atoms with E-state index in [4.69, 9.17) is 0 Å². The van der Waals surface area contributed by atoms with Gasteiger partial charge in [-0.2, -0.15) is 0 Å². The molecule has 0 aliphatic carbocycles. The second-order valence-electron chi connectivity index (χ2n) is 5.20. The molecule has 0 aliphatic rings. The largest absolute Gasteiger partial charge is 0.207 e. The van der Waals surface area contributed by atoms with E-state index in [9.17, 15) is 4.39 Å². The molecule has 0 aromatic heterocycles. The van der Waals surface area contributed by atoms with E-state index in [1.807, 2.05) is 12.1 Å². The maximum absolute atomic E-state index is 13.5. The quantitative estimate of drug-likeness (QED) is 0.737. The summed E-state index contributed by atoms with van der Waals surface area (Å²) in [5.74, 6) is -0.101. The van der Waals surface area contributed by atoms with Crippen molar-refractivity contribution in [2.75, 3.05) is 0 Å². The lowest BCUT2D eigenvalue weighted by atomic mass is 9.98. The standard InChI is InChI=1S/C18H21F/c1-4-17-11-15(7-5-13(17)2)9-10-16-8-6-14(3)18(19)12-16/h5-8,11-12H,4,9-10H2,1-3H3. The zero-order valence-corrected chi connectivity index (χ0v) is 12.0. The Balaban J connectivity index is 2.07. The summed E-state index contributed by atoms with van der Waals surface area (Å²) in [6.45, 7) is 6.13. The summed E-state index contributed by atoms with van der Waals surface area (Å²) in [4.78, 5) is 0. The van der Waals surface area contributed by atoms with Gasteiger partial charge in [-0.05, 0) is 67.0 Å². The fraction of sp³-hybridized carbons (Fsp3) is 0.333. The molecule has 0 fully saturated rings. The van der Waals surface area contributed by atoms with Gasteiger partial charge in [-0.15, -0.1) is 0 Å². The van der Waals surface area contributed by atoms with Crippen LogP contribution in [0.15, 0.2) is 36.4 Å². The Hall–Kier alpha value is -1.63. The minimum absolute atomic E-state index is 0.101. The molecule has 0 nitrogen and oxygen atoms in total. The zero-order chi connectivity index (χ0) is 13.8. The Labute approximate surface area is 115 Å². The summed E-state index contributed by atoms with van der Waals surface area (Å²) in [6.07, 6.45) is 2.93. The lowest BCUT2D eigenvalue weighted by Gasteiger charge is -2.08. The van der Waals surface area contributed by atoms with Crippen molar-refractivity contribution in [2.45, 2.75) is 40.0 Å². The summed E-state index contributed by atoms with van der Waals surface area (Å²) in [7, 11) is 0. The van der Waals surface area contributed by atoms with Crippen molar-refractivity contribution in [3.05, 3.63) is 70.0 Å². The highest BCUT2D eigenvalue weighted by Crippen LogP contribution is 2.15. The van der Waals surface area contributed by atoms with Gasteiger partial charge in [0.25, 0.3) is 0 Å². The van der Waals surface area contributed by atoms with Crippen LogP contribution in [0.5, 0.6) is 0 Å². The van der Waals surface area contributed by atoms with Crippen LogP contribution in [0.1, 0.15) is 34.7 Å². The number of hydrogen-bond donors (Lipinski definition) is 0. The molecule has 0 amide bonds. The average molecular weight is 256 g/mol. The van der Waals surface area contributed by atoms with Crippen molar-refractivity contribution in [1.82, 2.24) is 0 Å². The molecule has 0 bridgehead atoms. The molecule has 0 radical (unpaired) electrons. The maximum Gasteiger partial charge on any atom is 0.126 e. The van der Waals surface area contributed by atoms with E-state index in [-0.39, 0.29) is 5.82 Å². The van der Waals surface area contributed by atoms with Crippen molar-refractivity contribution in [2.24, 2.45) is 0 Å². The van der Waals surface area contributed by atoms with Gasteiger partial charge in [0.2, 0.25) is 0 Å². The van der Waals surface area contributed by atoms with Crippen molar-refractivity contribution in [1.29, 1.82) is 0 Å². The lowest BCUT2D eigenvalue weighted by Crippen LogP contribution is -1.95. The van der Waals surface area contributed by atoms with Crippen LogP contribution < -0.4 is 0 Å². The predicted molar refractivity (Wildman–Crippen MR) is 79.1 cm³/mol. The Morgan fingerprint density at radius 3 is 2.00 bits per heavy atom. The van der Waals surface area contributed by atoms with Crippen LogP contribution in [-0.2, 0) is 19.3 Å². The van der Waals surface area contributed by atoms with Gasteiger partial charge in [-0.25, -0.2) is 4.39 Å². The first-order valence-corrected chi connectivity index (χ1v) is 6.93. The third-order valence-electron chi connectivity index (χ3n) is 3.73. The molecule has 0 atom stereocenters. The normalized spacial score (nSPS) is 10.7. The Morgan fingerprint density at radius 2 is 1.42 bits per heavy atom. The monoisotopic (exact) mass is 256 g/mol. The molecular formula is C18H21F. The van der Waals surface area contributed by atoms with Crippen molar-refractivity contribution in [3.63, 3.8) is 0 Å². The molecule has 2 rings (SSSR count). The van der Waals surface area contributed by atoms with E-state index < -0.39 is 0 Å². The van der Waals surface area contributed by atoms with Crippen molar-refractivity contribution >= 4 is 0 Å². The van der Waals surface area contributed by atoms with Crippen LogP contribution in [0, 0.1) is 19.7 Å². The van der Waals surface area contributed by atoms with Gasteiger partial charge in [0.1, 0.15) is 5.82 Å². The first kappa shape index (κ1) is 13.8. The van der Waals surface area contributed by atoms with Crippen molar-refractivity contribution < 1.29 is 4.39 Å². The van der Waals surface area contributed by atoms with Crippen LogP contribution in [0.3, 0.4) is 0 Å². The minimum atomic E-state index is -0.101. The smallest absolute Gasteiger partial charge is 0.126 e. The molecule has 19 heavy (non-hydrogen) atoms. The topological polar surface area (TPSA) is 0 Å². The van der Waals surface area contributed by atoms with Gasteiger partial charge < -0.3 is 0 Å². The predicted octanol–water partition coefficient (Wildman–Crippen LogP) is 4.79. The number of halogens is 1. The van der Waals surface area contributed by atoms with Crippen LogP contribution in [0.4, 0.5) is 4.39 Å². The van der Waals surface area contributed by atoms with Crippen LogP contribution in [0.25, 0.3) is 0 Å². The molecule has 0 saturated heterocycles. The van der Waals surface area contributed by atoms with E-state index in [1.54, 1.807) is 13.0 Å². The summed E-state index contributed by atoms with van der Waals surface area (Å²) < 4.78 is 13.5. The van der Waals surface area contributed by atoms with Gasteiger partial charge in [-0.1, -0.05) is 37.3 Å². The van der Waals surface area contributed by atoms with Gasteiger partial charge in [0, 0.05) is 0 Å². The maximum atomic E-state index is 13.5. The first-order chi connectivity index (χ1) is 9.10. The molecule has 0 saturated carbocycles. The minimum Gasteiger partial charge on any atom is -0.207 e. The Kier molecular flexibility index (Phi) is 4.36. The fourth-order valence-electron chi connectivity index (χ4n) is 2.34. The molecule has 100 valence electrons. The first-order valence-electron chi connectivity index (χ1n) is 6.93. The second-order valence-corrected chi connectivity index (χ2v) is 5.20. The Bertz CT molecular complexity index is 570. The molecule has 0 N–H and O–H groups in total. The summed E-state index contributed by atoms with van der Waals surface area (Å²) in [6, 6.07) is 12.2. The van der Waals surface area contributed by atoms with E-state index in [0.29, 0.717) is 5.56 Å². The van der Waals surface area contributed by atoms with Gasteiger partial charge in [0.05, 0.1) is 0 Å². The number of benzene rings is 2. The van der Waals surface area contributed by atoms with E-state index in [1.165, 1.54) is 16.7 Å². The molecule has 2 aromatic carbocycles. The number of aryl methyl sites for hydroxylation is 5. The molecule has 1 heteroatoms. The molecule has 0 heterocycles.